The minimum atomic E-state index is -0.613. The number of rotatable bonds is 7. The van der Waals surface area contributed by atoms with Gasteiger partial charge in [0.1, 0.15) is 11.5 Å². The Kier molecular flexibility index (Phi) is 6.98. The lowest BCUT2D eigenvalue weighted by atomic mass is 9.80. The van der Waals surface area contributed by atoms with E-state index in [-0.39, 0.29) is 11.8 Å². The topological polar surface area (TPSA) is 67.9 Å². The van der Waals surface area contributed by atoms with E-state index in [9.17, 15) is 9.59 Å². The molecule has 1 heterocycles. The van der Waals surface area contributed by atoms with Gasteiger partial charge in [0.25, 0.3) is 5.91 Å². The van der Waals surface area contributed by atoms with Crippen molar-refractivity contribution in [3.63, 3.8) is 0 Å². The first-order valence-corrected chi connectivity index (χ1v) is 10.4. The summed E-state index contributed by atoms with van der Waals surface area (Å²) in [5, 5.41) is 3.03. The van der Waals surface area contributed by atoms with Crippen LogP contribution in [-0.2, 0) is 11.3 Å². The number of hydrogen-bond donors (Lipinski definition) is 1. The van der Waals surface area contributed by atoms with Crippen molar-refractivity contribution in [1.82, 2.24) is 10.2 Å². The number of carbonyl (C=O) groups excluding carboxylic acids is 2. The van der Waals surface area contributed by atoms with Gasteiger partial charge in [0, 0.05) is 25.2 Å². The molecular formula is C24H30N2O4. The van der Waals surface area contributed by atoms with Gasteiger partial charge in [-0.25, -0.2) is 0 Å². The van der Waals surface area contributed by atoms with E-state index in [4.69, 9.17) is 9.47 Å². The van der Waals surface area contributed by atoms with E-state index in [0.29, 0.717) is 31.8 Å². The molecule has 1 atom stereocenters. The van der Waals surface area contributed by atoms with Crippen LogP contribution in [0.15, 0.2) is 48.5 Å². The standard InChI is InChI=1S/C24H30N2O4/c1-4-30-20-11-9-19(10-12-20)22(27)26-14-6-13-24(2,17-26)23(28)25-16-18-7-5-8-21(15-18)29-3/h5,7-12,15H,4,6,13-14,16-17H2,1-3H3,(H,25,28)/t24-/m1/s1. The second-order valence-corrected chi connectivity index (χ2v) is 7.88. The predicted octanol–water partition coefficient (Wildman–Crippen LogP) is 3.65. The molecule has 1 aliphatic rings. The number of methoxy groups -OCH3 is 1. The maximum atomic E-state index is 13.0. The number of carbonyl (C=O) groups is 2. The van der Waals surface area contributed by atoms with E-state index in [1.165, 1.54) is 0 Å². The third kappa shape index (κ3) is 5.12. The zero-order chi connectivity index (χ0) is 21.6. The van der Waals surface area contributed by atoms with Crippen LogP contribution in [0.4, 0.5) is 0 Å². The summed E-state index contributed by atoms with van der Waals surface area (Å²) in [5.74, 6) is 1.42. The molecule has 1 saturated heterocycles. The summed E-state index contributed by atoms with van der Waals surface area (Å²) in [7, 11) is 1.62. The molecule has 2 aromatic rings. The molecule has 2 aromatic carbocycles. The molecule has 0 radical (unpaired) electrons. The molecule has 160 valence electrons. The Morgan fingerprint density at radius 1 is 1.13 bits per heavy atom. The lowest BCUT2D eigenvalue weighted by molar-refractivity contribution is -0.132. The van der Waals surface area contributed by atoms with Gasteiger partial charge in [0.05, 0.1) is 19.1 Å². The molecular weight excluding hydrogens is 380 g/mol. The van der Waals surface area contributed by atoms with Gasteiger partial charge >= 0.3 is 0 Å². The Morgan fingerprint density at radius 2 is 1.90 bits per heavy atom. The third-order valence-corrected chi connectivity index (χ3v) is 5.53. The van der Waals surface area contributed by atoms with Crippen molar-refractivity contribution >= 4 is 11.8 Å². The summed E-state index contributed by atoms with van der Waals surface area (Å²) in [6.07, 6.45) is 1.55. The first-order chi connectivity index (χ1) is 14.4. The molecule has 30 heavy (non-hydrogen) atoms. The molecule has 0 spiro atoms. The Hall–Kier alpha value is -3.02. The quantitative estimate of drug-likeness (QED) is 0.757. The van der Waals surface area contributed by atoms with Crippen molar-refractivity contribution in [2.45, 2.75) is 33.2 Å². The highest BCUT2D eigenvalue weighted by Crippen LogP contribution is 2.31. The van der Waals surface area contributed by atoms with Gasteiger partial charge in [-0.3, -0.25) is 9.59 Å². The number of nitrogens with zero attached hydrogens (tertiary/aromatic N) is 1. The summed E-state index contributed by atoms with van der Waals surface area (Å²) in [6, 6.07) is 14.8. The molecule has 1 fully saturated rings. The molecule has 0 aliphatic carbocycles. The number of amides is 2. The fourth-order valence-electron chi connectivity index (χ4n) is 3.82. The number of hydrogen-bond acceptors (Lipinski definition) is 4. The highest BCUT2D eigenvalue weighted by molar-refractivity contribution is 5.95. The number of likely N-dealkylation sites (tertiary alicyclic amines) is 1. The van der Waals surface area contributed by atoms with Crippen LogP contribution in [-0.4, -0.2) is 43.5 Å². The highest BCUT2D eigenvalue weighted by atomic mass is 16.5. The fraction of sp³-hybridized carbons (Fsp3) is 0.417. The zero-order valence-corrected chi connectivity index (χ0v) is 17.9. The molecule has 0 unspecified atom stereocenters. The monoisotopic (exact) mass is 410 g/mol. The van der Waals surface area contributed by atoms with Crippen molar-refractivity contribution in [2.24, 2.45) is 5.41 Å². The van der Waals surface area contributed by atoms with Crippen LogP contribution >= 0.6 is 0 Å². The van der Waals surface area contributed by atoms with E-state index in [1.54, 1.807) is 36.3 Å². The van der Waals surface area contributed by atoms with Crippen molar-refractivity contribution in [3.8, 4) is 11.5 Å². The lowest BCUT2D eigenvalue weighted by Crippen LogP contribution is -2.51. The van der Waals surface area contributed by atoms with Gasteiger partial charge in [-0.1, -0.05) is 12.1 Å². The van der Waals surface area contributed by atoms with Crippen LogP contribution in [0.1, 0.15) is 42.6 Å². The first kappa shape index (κ1) is 21.7. The van der Waals surface area contributed by atoms with Gasteiger partial charge in [-0.2, -0.15) is 0 Å². The smallest absolute Gasteiger partial charge is 0.253 e. The zero-order valence-electron chi connectivity index (χ0n) is 17.9. The summed E-state index contributed by atoms with van der Waals surface area (Å²) < 4.78 is 10.7. The van der Waals surface area contributed by atoms with Crippen LogP contribution in [0.5, 0.6) is 11.5 Å². The number of benzene rings is 2. The van der Waals surface area contributed by atoms with Gasteiger partial charge in [-0.05, 0) is 68.7 Å². The first-order valence-electron chi connectivity index (χ1n) is 10.4. The minimum Gasteiger partial charge on any atom is -0.497 e. The lowest BCUT2D eigenvalue weighted by Gasteiger charge is -2.39. The molecule has 0 bridgehead atoms. The van der Waals surface area contributed by atoms with Crippen molar-refractivity contribution in [2.75, 3.05) is 26.8 Å². The van der Waals surface area contributed by atoms with Crippen molar-refractivity contribution in [3.05, 3.63) is 59.7 Å². The second kappa shape index (κ2) is 9.65. The predicted molar refractivity (Wildman–Crippen MR) is 116 cm³/mol. The molecule has 1 aliphatic heterocycles. The normalized spacial score (nSPS) is 18.6. The maximum Gasteiger partial charge on any atom is 0.253 e. The molecule has 0 saturated carbocycles. The van der Waals surface area contributed by atoms with E-state index in [0.717, 1.165) is 29.9 Å². The number of nitrogens with one attached hydrogen (secondary N) is 1. The SMILES string of the molecule is CCOc1ccc(C(=O)N2CCC[C@@](C)(C(=O)NCc3cccc(OC)c3)C2)cc1. The van der Waals surface area contributed by atoms with Crippen LogP contribution in [0.2, 0.25) is 0 Å². The molecule has 6 heteroatoms. The maximum absolute atomic E-state index is 13.0. The highest BCUT2D eigenvalue weighted by Gasteiger charge is 2.39. The summed E-state index contributed by atoms with van der Waals surface area (Å²) >= 11 is 0. The van der Waals surface area contributed by atoms with Crippen molar-refractivity contribution in [1.29, 1.82) is 0 Å². The number of ether oxygens (including phenoxy) is 2. The molecule has 6 nitrogen and oxygen atoms in total. The van der Waals surface area contributed by atoms with Crippen LogP contribution in [0, 0.1) is 5.41 Å². The Bertz CT molecular complexity index is 881. The van der Waals surface area contributed by atoms with E-state index >= 15 is 0 Å². The summed E-state index contributed by atoms with van der Waals surface area (Å²) in [4.78, 5) is 27.7. The molecule has 1 N–H and O–H groups in total. The van der Waals surface area contributed by atoms with Crippen LogP contribution < -0.4 is 14.8 Å². The number of piperidine rings is 1. The average molecular weight is 411 g/mol. The van der Waals surface area contributed by atoms with Crippen LogP contribution in [0.3, 0.4) is 0 Å². The Labute approximate surface area is 178 Å². The Balaban J connectivity index is 1.62. The minimum absolute atomic E-state index is 0.0329. The van der Waals surface area contributed by atoms with Gasteiger partial charge in [0.15, 0.2) is 0 Å². The van der Waals surface area contributed by atoms with Gasteiger partial charge in [-0.15, -0.1) is 0 Å². The largest absolute Gasteiger partial charge is 0.497 e. The molecule has 0 aromatic heterocycles. The van der Waals surface area contributed by atoms with Crippen molar-refractivity contribution < 1.29 is 19.1 Å². The van der Waals surface area contributed by atoms with E-state index in [2.05, 4.69) is 5.32 Å². The molecule has 3 rings (SSSR count). The van der Waals surface area contributed by atoms with Gasteiger partial charge in [0.2, 0.25) is 5.91 Å². The fourth-order valence-corrected chi connectivity index (χ4v) is 3.82. The van der Waals surface area contributed by atoms with Crippen LogP contribution in [0.25, 0.3) is 0 Å². The third-order valence-electron chi connectivity index (χ3n) is 5.53. The van der Waals surface area contributed by atoms with Gasteiger partial charge < -0.3 is 19.7 Å². The second-order valence-electron chi connectivity index (χ2n) is 7.88. The summed E-state index contributed by atoms with van der Waals surface area (Å²) in [6.45, 7) is 5.94. The van der Waals surface area contributed by atoms with E-state index in [1.807, 2.05) is 38.1 Å². The average Bonchev–Trinajstić information content (AvgIpc) is 2.78. The van der Waals surface area contributed by atoms with E-state index < -0.39 is 5.41 Å². The summed E-state index contributed by atoms with van der Waals surface area (Å²) in [5.41, 5.74) is 0.974. The molecule has 2 amide bonds. The Morgan fingerprint density at radius 3 is 2.60 bits per heavy atom.